The van der Waals surface area contributed by atoms with E-state index in [1.807, 2.05) is 24.3 Å². The van der Waals surface area contributed by atoms with E-state index < -0.39 is 0 Å². The zero-order chi connectivity index (χ0) is 23.2. The minimum Gasteiger partial charge on any atom is -0.494 e. The molecule has 0 spiro atoms. The van der Waals surface area contributed by atoms with Crippen LogP contribution in [0.3, 0.4) is 0 Å². The van der Waals surface area contributed by atoms with Crippen LogP contribution in [0.4, 0.5) is 4.39 Å². The van der Waals surface area contributed by atoms with Crippen LogP contribution in [0.25, 0.3) is 16.8 Å². The number of hydrogen-bond donors (Lipinski definition) is 1. The van der Waals surface area contributed by atoms with Gasteiger partial charge in [-0.05, 0) is 54.4 Å². The summed E-state index contributed by atoms with van der Waals surface area (Å²) in [4.78, 5) is 25.1. The second-order valence-electron chi connectivity index (χ2n) is 7.68. The molecular weight excluding hydrogens is 423 g/mol. The Balaban J connectivity index is 1.35. The third-order valence-electron chi connectivity index (χ3n) is 5.21. The molecule has 0 atom stereocenters. The van der Waals surface area contributed by atoms with Gasteiger partial charge in [-0.2, -0.15) is 5.10 Å². The summed E-state index contributed by atoms with van der Waals surface area (Å²) in [5, 5.41) is 7.26. The van der Waals surface area contributed by atoms with Crippen LogP contribution >= 0.6 is 0 Å². The lowest BCUT2D eigenvalue weighted by atomic mass is 10.1. The number of amides is 1. The predicted octanol–water partition coefficient (Wildman–Crippen LogP) is 3.80. The van der Waals surface area contributed by atoms with E-state index in [2.05, 4.69) is 17.3 Å². The number of benzene rings is 2. The number of hydrogen-bond acceptors (Lipinski definition) is 4. The SMILES string of the molecule is CCCOc1ccc(CNC(=O)CCn2ccn3nc(-c4ccc(F)cc4)cc3c2=O)cc1. The highest BCUT2D eigenvalue weighted by atomic mass is 19.1. The van der Waals surface area contributed by atoms with Crippen molar-refractivity contribution in [3.63, 3.8) is 0 Å². The molecule has 33 heavy (non-hydrogen) atoms. The second-order valence-corrected chi connectivity index (χ2v) is 7.68. The first kappa shape index (κ1) is 22.3. The number of carbonyl (C=O) groups excluding carboxylic acids is 1. The number of nitrogens with one attached hydrogen (secondary N) is 1. The van der Waals surface area contributed by atoms with E-state index in [0.29, 0.717) is 24.4 Å². The molecule has 2 heterocycles. The van der Waals surface area contributed by atoms with Gasteiger partial charge >= 0.3 is 0 Å². The lowest BCUT2D eigenvalue weighted by Gasteiger charge is -2.09. The van der Waals surface area contributed by atoms with Gasteiger partial charge in [0.05, 0.1) is 12.3 Å². The van der Waals surface area contributed by atoms with Gasteiger partial charge in [0.25, 0.3) is 5.56 Å². The largest absolute Gasteiger partial charge is 0.494 e. The number of nitrogens with zero attached hydrogens (tertiary/aromatic N) is 3. The summed E-state index contributed by atoms with van der Waals surface area (Å²) in [5.41, 5.74) is 2.42. The van der Waals surface area contributed by atoms with Crippen LogP contribution in [0.2, 0.25) is 0 Å². The summed E-state index contributed by atoms with van der Waals surface area (Å²) in [6.07, 6.45) is 4.40. The third kappa shape index (κ3) is 5.46. The Morgan fingerprint density at radius 1 is 1.09 bits per heavy atom. The Bertz CT molecular complexity index is 1290. The van der Waals surface area contributed by atoms with Crippen molar-refractivity contribution in [3.8, 4) is 17.0 Å². The zero-order valence-electron chi connectivity index (χ0n) is 18.3. The van der Waals surface area contributed by atoms with Gasteiger partial charge in [0.1, 0.15) is 17.1 Å². The molecule has 0 fully saturated rings. The normalized spacial score (nSPS) is 11.0. The Kier molecular flexibility index (Phi) is 6.83. The maximum absolute atomic E-state index is 13.2. The molecular formula is C25H25FN4O3. The summed E-state index contributed by atoms with van der Waals surface area (Å²) in [6, 6.07) is 15.2. The van der Waals surface area contributed by atoms with E-state index in [0.717, 1.165) is 23.3 Å². The first-order valence-electron chi connectivity index (χ1n) is 10.9. The molecule has 170 valence electrons. The lowest BCUT2D eigenvalue weighted by molar-refractivity contribution is -0.121. The van der Waals surface area contributed by atoms with E-state index in [4.69, 9.17) is 4.74 Å². The van der Waals surface area contributed by atoms with Gasteiger partial charge in [0, 0.05) is 37.5 Å². The average Bonchev–Trinajstić information content (AvgIpc) is 3.27. The van der Waals surface area contributed by atoms with Crippen LogP contribution in [0, 0.1) is 5.82 Å². The molecule has 1 amide bonds. The fourth-order valence-electron chi connectivity index (χ4n) is 3.40. The third-order valence-corrected chi connectivity index (χ3v) is 5.21. The minimum atomic E-state index is -0.332. The summed E-state index contributed by atoms with van der Waals surface area (Å²) >= 11 is 0. The second kappa shape index (κ2) is 10.1. The van der Waals surface area contributed by atoms with Crippen LogP contribution in [-0.2, 0) is 17.9 Å². The van der Waals surface area contributed by atoms with Crippen LogP contribution in [0.1, 0.15) is 25.3 Å². The standard InChI is InChI=1S/C25H25FN4O3/c1-2-15-33-21-9-3-18(4-10-21)17-27-24(31)11-12-29-13-14-30-23(25(29)32)16-22(28-30)19-5-7-20(26)8-6-19/h3-10,13-14,16H,2,11-12,15,17H2,1H3,(H,27,31). The maximum atomic E-state index is 13.2. The summed E-state index contributed by atoms with van der Waals surface area (Å²) in [5.74, 6) is 0.332. The van der Waals surface area contributed by atoms with Gasteiger partial charge in [0.15, 0.2) is 0 Å². The van der Waals surface area contributed by atoms with Crippen molar-refractivity contribution in [1.82, 2.24) is 19.5 Å². The monoisotopic (exact) mass is 448 g/mol. The number of fused-ring (bicyclic) bond motifs is 1. The number of carbonyl (C=O) groups is 1. The molecule has 0 aliphatic carbocycles. The Morgan fingerprint density at radius 2 is 1.85 bits per heavy atom. The smallest absolute Gasteiger partial charge is 0.276 e. The number of ether oxygens (including phenoxy) is 1. The van der Waals surface area contributed by atoms with E-state index >= 15 is 0 Å². The van der Waals surface area contributed by atoms with Gasteiger partial charge in [-0.15, -0.1) is 0 Å². The molecule has 0 bridgehead atoms. The first-order chi connectivity index (χ1) is 16.0. The fourth-order valence-corrected chi connectivity index (χ4v) is 3.40. The predicted molar refractivity (Wildman–Crippen MR) is 124 cm³/mol. The van der Waals surface area contributed by atoms with Crippen LogP contribution in [0.15, 0.2) is 71.8 Å². The molecule has 0 aliphatic rings. The Hall–Kier alpha value is -3.94. The van der Waals surface area contributed by atoms with Crippen molar-refractivity contribution >= 4 is 11.4 Å². The minimum absolute atomic E-state index is 0.145. The lowest BCUT2D eigenvalue weighted by Crippen LogP contribution is -2.27. The Morgan fingerprint density at radius 3 is 2.58 bits per heavy atom. The number of halogens is 1. The number of aryl methyl sites for hydroxylation is 1. The average molecular weight is 448 g/mol. The van der Waals surface area contributed by atoms with Crippen LogP contribution in [0.5, 0.6) is 5.75 Å². The molecule has 1 N–H and O–H groups in total. The van der Waals surface area contributed by atoms with Crippen molar-refractivity contribution in [1.29, 1.82) is 0 Å². The summed E-state index contributed by atoms with van der Waals surface area (Å²) < 4.78 is 21.7. The topological polar surface area (TPSA) is 77.6 Å². The highest BCUT2D eigenvalue weighted by molar-refractivity contribution is 5.75. The highest BCUT2D eigenvalue weighted by Crippen LogP contribution is 2.18. The van der Waals surface area contributed by atoms with Crippen LogP contribution in [-0.4, -0.2) is 26.7 Å². The molecule has 0 saturated carbocycles. The first-order valence-corrected chi connectivity index (χ1v) is 10.9. The van der Waals surface area contributed by atoms with Gasteiger partial charge in [-0.3, -0.25) is 9.59 Å². The number of rotatable bonds is 9. The maximum Gasteiger partial charge on any atom is 0.276 e. The molecule has 2 aromatic carbocycles. The molecule has 0 aliphatic heterocycles. The molecule has 4 aromatic rings. The van der Waals surface area contributed by atoms with Gasteiger partial charge in [0.2, 0.25) is 5.91 Å². The van der Waals surface area contributed by atoms with Crippen molar-refractivity contribution in [3.05, 3.63) is 88.7 Å². The number of aromatic nitrogens is 3. The molecule has 4 rings (SSSR count). The van der Waals surface area contributed by atoms with Gasteiger partial charge in [-0.25, -0.2) is 8.91 Å². The molecule has 0 unspecified atom stereocenters. The molecule has 2 aromatic heterocycles. The van der Waals surface area contributed by atoms with E-state index in [9.17, 15) is 14.0 Å². The van der Waals surface area contributed by atoms with E-state index in [1.54, 1.807) is 30.6 Å². The van der Waals surface area contributed by atoms with E-state index in [1.165, 1.54) is 21.2 Å². The Labute approximate surface area is 190 Å². The molecule has 7 nitrogen and oxygen atoms in total. The van der Waals surface area contributed by atoms with Crippen LogP contribution < -0.4 is 15.6 Å². The van der Waals surface area contributed by atoms with Crippen molar-refractivity contribution < 1.29 is 13.9 Å². The summed E-state index contributed by atoms with van der Waals surface area (Å²) in [7, 11) is 0. The van der Waals surface area contributed by atoms with Gasteiger partial charge < -0.3 is 14.6 Å². The van der Waals surface area contributed by atoms with Crippen molar-refractivity contribution in [2.75, 3.05) is 6.61 Å². The van der Waals surface area contributed by atoms with Crippen molar-refractivity contribution in [2.24, 2.45) is 0 Å². The van der Waals surface area contributed by atoms with Gasteiger partial charge in [-0.1, -0.05) is 19.1 Å². The molecule has 0 saturated heterocycles. The van der Waals surface area contributed by atoms with E-state index in [-0.39, 0.29) is 30.2 Å². The highest BCUT2D eigenvalue weighted by Gasteiger charge is 2.10. The quantitative estimate of drug-likeness (QED) is 0.423. The zero-order valence-corrected chi connectivity index (χ0v) is 18.3. The van der Waals surface area contributed by atoms with Crippen molar-refractivity contribution in [2.45, 2.75) is 32.9 Å². The molecule has 0 radical (unpaired) electrons. The summed E-state index contributed by atoms with van der Waals surface area (Å²) in [6.45, 7) is 3.39. The fraction of sp³-hybridized carbons (Fsp3) is 0.240. The molecule has 8 heteroatoms.